The molecule has 1 fully saturated rings. The van der Waals surface area contributed by atoms with Crippen molar-refractivity contribution in [3.63, 3.8) is 0 Å². The molecule has 0 bridgehead atoms. The highest BCUT2D eigenvalue weighted by Gasteiger charge is 2.28. The van der Waals surface area contributed by atoms with Crippen LogP contribution in [0.4, 0.5) is 5.69 Å². The third-order valence-corrected chi connectivity index (χ3v) is 4.78. The third-order valence-electron chi connectivity index (χ3n) is 3.01. The molecule has 2 aromatic rings. The summed E-state index contributed by atoms with van der Waals surface area (Å²) >= 11 is 0. The molecule has 1 aliphatic heterocycles. The van der Waals surface area contributed by atoms with E-state index >= 15 is 0 Å². The van der Waals surface area contributed by atoms with Crippen molar-refractivity contribution in [1.29, 1.82) is 0 Å². The van der Waals surface area contributed by atoms with Gasteiger partial charge in [-0.3, -0.25) is 0 Å². The molecule has 100 valence electrons. The first-order chi connectivity index (χ1) is 9.14. The average Bonchev–Trinajstić information content (AvgIpc) is 3.00. The van der Waals surface area contributed by atoms with Gasteiger partial charge in [-0.15, -0.1) is 0 Å². The van der Waals surface area contributed by atoms with Crippen molar-refractivity contribution in [2.45, 2.75) is 12.5 Å². The molecular weight excluding hydrogens is 266 g/mol. The van der Waals surface area contributed by atoms with Crippen LogP contribution in [0.1, 0.15) is 6.42 Å². The lowest BCUT2D eigenvalue weighted by Crippen LogP contribution is -2.21. The highest BCUT2D eigenvalue weighted by Crippen LogP contribution is 2.21. The highest BCUT2D eigenvalue weighted by atomic mass is 32.2. The maximum absolute atomic E-state index is 11.5. The first-order valence-electron chi connectivity index (χ1n) is 5.91. The zero-order chi connectivity index (χ0) is 13.3. The zero-order valence-electron chi connectivity index (χ0n) is 10.1. The molecule has 0 aromatic carbocycles. The SMILES string of the molecule is O=S1(=O)CCC(Nc2cccnc2-n2cncn2)C1. The number of hydrogen-bond acceptors (Lipinski definition) is 6. The molecule has 0 aliphatic carbocycles. The van der Waals surface area contributed by atoms with Crippen molar-refractivity contribution >= 4 is 15.5 Å². The van der Waals surface area contributed by atoms with E-state index in [1.807, 2.05) is 6.07 Å². The molecule has 2 aromatic heterocycles. The number of aromatic nitrogens is 4. The number of pyridine rings is 1. The van der Waals surface area contributed by atoms with Gasteiger partial charge in [0, 0.05) is 12.2 Å². The second-order valence-corrected chi connectivity index (χ2v) is 6.69. The van der Waals surface area contributed by atoms with Crippen LogP contribution >= 0.6 is 0 Å². The summed E-state index contributed by atoms with van der Waals surface area (Å²) in [6, 6.07) is 3.58. The van der Waals surface area contributed by atoms with Gasteiger partial charge in [0.05, 0.1) is 17.2 Å². The van der Waals surface area contributed by atoms with E-state index in [2.05, 4.69) is 20.4 Å². The molecular formula is C11H13N5O2S. The molecule has 3 heterocycles. The van der Waals surface area contributed by atoms with Crippen LogP contribution in [0.15, 0.2) is 31.0 Å². The Kier molecular flexibility index (Phi) is 2.94. The van der Waals surface area contributed by atoms with Crippen LogP contribution in [0, 0.1) is 0 Å². The minimum absolute atomic E-state index is 0.0727. The van der Waals surface area contributed by atoms with Crippen LogP contribution in [0.2, 0.25) is 0 Å². The molecule has 0 radical (unpaired) electrons. The van der Waals surface area contributed by atoms with E-state index in [4.69, 9.17) is 0 Å². The van der Waals surface area contributed by atoms with E-state index in [1.165, 1.54) is 6.33 Å². The molecule has 1 unspecified atom stereocenters. The van der Waals surface area contributed by atoms with Crippen molar-refractivity contribution < 1.29 is 8.42 Å². The van der Waals surface area contributed by atoms with Gasteiger partial charge in [0.1, 0.15) is 12.7 Å². The monoisotopic (exact) mass is 279 g/mol. The number of nitrogens with zero attached hydrogens (tertiary/aromatic N) is 4. The Labute approximate surface area is 110 Å². The number of hydrogen-bond donors (Lipinski definition) is 1. The minimum atomic E-state index is -2.90. The Bertz CT molecular complexity index is 668. The fourth-order valence-corrected chi connectivity index (χ4v) is 3.81. The van der Waals surface area contributed by atoms with Crippen LogP contribution in [0.5, 0.6) is 0 Å². The van der Waals surface area contributed by atoms with E-state index < -0.39 is 9.84 Å². The van der Waals surface area contributed by atoms with Gasteiger partial charge in [-0.1, -0.05) is 0 Å². The van der Waals surface area contributed by atoms with Gasteiger partial charge < -0.3 is 5.32 Å². The molecule has 8 heteroatoms. The summed E-state index contributed by atoms with van der Waals surface area (Å²) < 4.78 is 24.5. The Morgan fingerprint density at radius 1 is 1.42 bits per heavy atom. The smallest absolute Gasteiger partial charge is 0.178 e. The van der Waals surface area contributed by atoms with Gasteiger partial charge in [-0.2, -0.15) is 5.10 Å². The van der Waals surface area contributed by atoms with Crippen molar-refractivity contribution in [1.82, 2.24) is 19.7 Å². The molecule has 3 rings (SSSR count). The molecule has 0 saturated carbocycles. The Hall–Kier alpha value is -1.96. The highest BCUT2D eigenvalue weighted by molar-refractivity contribution is 7.91. The molecule has 1 N–H and O–H groups in total. The number of sulfone groups is 1. The molecule has 7 nitrogen and oxygen atoms in total. The van der Waals surface area contributed by atoms with Gasteiger partial charge in [-0.25, -0.2) is 23.1 Å². The lowest BCUT2D eigenvalue weighted by Gasteiger charge is -2.14. The van der Waals surface area contributed by atoms with Crippen LogP contribution in [-0.2, 0) is 9.84 Å². The summed E-state index contributed by atoms with van der Waals surface area (Å²) in [5.74, 6) is 1.02. The molecule has 19 heavy (non-hydrogen) atoms. The first-order valence-corrected chi connectivity index (χ1v) is 7.73. The minimum Gasteiger partial charge on any atom is -0.378 e. The van der Waals surface area contributed by atoms with Crippen molar-refractivity contribution in [3.05, 3.63) is 31.0 Å². The van der Waals surface area contributed by atoms with E-state index in [1.54, 1.807) is 23.3 Å². The van der Waals surface area contributed by atoms with Crippen LogP contribution in [0.3, 0.4) is 0 Å². The fourth-order valence-electron chi connectivity index (χ4n) is 2.14. The van der Waals surface area contributed by atoms with E-state index in [-0.39, 0.29) is 17.5 Å². The predicted octanol–water partition coefficient (Wildman–Crippen LogP) is 0.261. The van der Waals surface area contributed by atoms with Gasteiger partial charge >= 0.3 is 0 Å². The Balaban J connectivity index is 1.86. The summed E-state index contributed by atoms with van der Waals surface area (Å²) in [7, 11) is -2.90. The Morgan fingerprint density at radius 3 is 3.00 bits per heavy atom. The maximum atomic E-state index is 11.5. The summed E-state index contributed by atoms with van der Waals surface area (Å²) in [5, 5.41) is 7.26. The summed E-state index contributed by atoms with van der Waals surface area (Å²) in [6.07, 6.45) is 5.26. The largest absolute Gasteiger partial charge is 0.378 e. The second kappa shape index (κ2) is 4.61. The van der Waals surface area contributed by atoms with Gasteiger partial charge in [0.2, 0.25) is 0 Å². The van der Waals surface area contributed by atoms with Crippen molar-refractivity contribution in [2.75, 3.05) is 16.8 Å². The average molecular weight is 279 g/mol. The third kappa shape index (κ3) is 2.58. The lowest BCUT2D eigenvalue weighted by molar-refractivity contribution is 0.602. The zero-order valence-corrected chi connectivity index (χ0v) is 10.9. The molecule has 1 saturated heterocycles. The predicted molar refractivity (Wildman–Crippen MR) is 69.8 cm³/mol. The van der Waals surface area contributed by atoms with Crippen molar-refractivity contribution in [3.8, 4) is 5.82 Å². The Morgan fingerprint density at radius 2 is 2.32 bits per heavy atom. The van der Waals surface area contributed by atoms with Crippen LogP contribution in [-0.4, -0.2) is 45.7 Å². The first kappa shape index (κ1) is 12.1. The van der Waals surface area contributed by atoms with E-state index in [0.29, 0.717) is 12.2 Å². The lowest BCUT2D eigenvalue weighted by atomic mass is 10.2. The molecule has 0 spiro atoms. The summed E-state index contributed by atoms with van der Waals surface area (Å²) in [5.41, 5.74) is 0.759. The quantitative estimate of drug-likeness (QED) is 0.867. The molecule has 0 amide bonds. The van der Waals surface area contributed by atoms with E-state index in [0.717, 1.165) is 5.69 Å². The number of anilines is 1. The topological polar surface area (TPSA) is 89.8 Å². The van der Waals surface area contributed by atoms with E-state index in [9.17, 15) is 8.42 Å². The standard InChI is InChI=1S/C11H13N5O2S/c17-19(18)5-3-9(6-19)15-10-2-1-4-13-11(10)16-8-12-7-14-16/h1-2,4,7-9,15H,3,5-6H2. The van der Waals surface area contributed by atoms with Gasteiger partial charge in [-0.05, 0) is 18.6 Å². The number of nitrogens with one attached hydrogen (secondary N) is 1. The van der Waals surface area contributed by atoms with Crippen molar-refractivity contribution in [2.24, 2.45) is 0 Å². The summed E-state index contributed by atoms with van der Waals surface area (Å²) in [4.78, 5) is 8.13. The maximum Gasteiger partial charge on any atom is 0.178 e. The number of rotatable bonds is 3. The normalized spacial score (nSPS) is 21.4. The molecule has 1 atom stereocenters. The fraction of sp³-hybridized carbons (Fsp3) is 0.364. The van der Waals surface area contributed by atoms with Gasteiger partial charge in [0.25, 0.3) is 0 Å². The molecule has 1 aliphatic rings. The van der Waals surface area contributed by atoms with Gasteiger partial charge in [0.15, 0.2) is 15.7 Å². The second-order valence-electron chi connectivity index (χ2n) is 4.46. The van der Waals surface area contributed by atoms with Crippen LogP contribution < -0.4 is 5.32 Å². The van der Waals surface area contributed by atoms with Crippen LogP contribution in [0.25, 0.3) is 5.82 Å². The summed E-state index contributed by atoms with van der Waals surface area (Å²) in [6.45, 7) is 0.